The highest BCUT2D eigenvalue weighted by molar-refractivity contribution is 5.34. The van der Waals surface area contributed by atoms with Crippen molar-refractivity contribution in [1.82, 2.24) is 0 Å². The van der Waals surface area contributed by atoms with Crippen LogP contribution in [0.4, 0.5) is 4.39 Å². The van der Waals surface area contributed by atoms with Crippen LogP contribution in [0.5, 0.6) is 5.75 Å². The predicted octanol–water partition coefficient (Wildman–Crippen LogP) is 1.37. The van der Waals surface area contributed by atoms with Gasteiger partial charge in [-0.1, -0.05) is 6.07 Å². The number of rotatable bonds is 3. The normalized spacial score (nSPS) is 9.92. The summed E-state index contributed by atoms with van der Waals surface area (Å²) in [7, 11) is 1.48. The molecule has 0 aliphatic heterocycles. The Balaban J connectivity index is 3.02. The SMILES string of the molecule is COc1cccc(F)c1CCO. The lowest BCUT2D eigenvalue weighted by molar-refractivity contribution is 0.294. The van der Waals surface area contributed by atoms with E-state index in [1.165, 1.54) is 13.2 Å². The van der Waals surface area contributed by atoms with Gasteiger partial charge >= 0.3 is 0 Å². The molecule has 0 saturated carbocycles. The molecule has 0 saturated heterocycles. The zero-order valence-corrected chi connectivity index (χ0v) is 6.88. The Kier molecular flexibility index (Phi) is 3.05. The fourth-order valence-corrected chi connectivity index (χ4v) is 1.08. The van der Waals surface area contributed by atoms with E-state index in [4.69, 9.17) is 9.84 Å². The molecule has 0 radical (unpaired) electrons. The molecule has 0 aliphatic rings. The average Bonchev–Trinajstić information content (AvgIpc) is 2.09. The molecule has 0 amide bonds. The largest absolute Gasteiger partial charge is 0.496 e. The van der Waals surface area contributed by atoms with Crippen LogP contribution >= 0.6 is 0 Å². The van der Waals surface area contributed by atoms with Crippen LogP contribution in [0, 0.1) is 5.82 Å². The molecular formula is C9H11FO2. The second kappa shape index (κ2) is 4.07. The van der Waals surface area contributed by atoms with Crippen LogP contribution in [0.15, 0.2) is 18.2 Å². The highest BCUT2D eigenvalue weighted by Crippen LogP contribution is 2.20. The smallest absolute Gasteiger partial charge is 0.130 e. The van der Waals surface area contributed by atoms with E-state index >= 15 is 0 Å². The summed E-state index contributed by atoms with van der Waals surface area (Å²) in [5.74, 6) is 0.160. The Hall–Kier alpha value is -1.09. The van der Waals surface area contributed by atoms with Crippen LogP contribution < -0.4 is 4.74 Å². The van der Waals surface area contributed by atoms with Gasteiger partial charge < -0.3 is 9.84 Å². The highest BCUT2D eigenvalue weighted by Gasteiger charge is 2.06. The molecule has 0 aromatic heterocycles. The Bertz CT molecular complexity index is 261. The summed E-state index contributed by atoms with van der Waals surface area (Å²) in [4.78, 5) is 0. The molecule has 1 N–H and O–H groups in total. The summed E-state index contributed by atoms with van der Waals surface area (Å²) in [5, 5.41) is 8.64. The van der Waals surface area contributed by atoms with E-state index in [-0.39, 0.29) is 18.8 Å². The van der Waals surface area contributed by atoms with Gasteiger partial charge in [-0.25, -0.2) is 4.39 Å². The lowest BCUT2D eigenvalue weighted by Crippen LogP contribution is -1.98. The predicted molar refractivity (Wildman–Crippen MR) is 43.7 cm³/mol. The molecule has 0 bridgehead atoms. The van der Waals surface area contributed by atoms with E-state index in [0.717, 1.165) is 0 Å². The quantitative estimate of drug-likeness (QED) is 0.742. The second-order valence-corrected chi connectivity index (χ2v) is 2.39. The third-order valence-corrected chi connectivity index (χ3v) is 1.66. The van der Waals surface area contributed by atoms with Crippen molar-refractivity contribution in [3.05, 3.63) is 29.6 Å². The molecule has 66 valence electrons. The summed E-state index contributed by atoms with van der Waals surface area (Å²) >= 11 is 0. The zero-order valence-electron chi connectivity index (χ0n) is 6.88. The van der Waals surface area contributed by atoms with Crippen LogP contribution in [0.2, 0.25) is 0 Å². The number of hydrogen-bond acceptors (Lipinski definition) is 2. The van der Waals surface area contributed by atoms with Gasteiger partial charge in [-0.05, 0) is 12.1 Å². The minimum absolute atomic E-state index is 0.0721. The van der Waals surface area contributed by atoms with Crippen molar-refractivity contribution in [1.29, 1.82) is 0 Å². The molecule has 12 heavy (non-hydrogen) atoms. The molecule has 2 nitrogen and oxygen atoms in total. The van der Waals surface area contributed by atoms with Gasteiger partial charge in [0.2, 0.25) is 0 Å². The van der Waals surface area contributed by atoms with E-state index in [0.29, 0.717) is 11.3 Å². The van der Waals surface area contributed by atoms with Crippen molar-refractivity contribution in [2.75, 3.05) is 13.7 Å². The fourth-order valence-electron chi connectivity index (χ4n) is 1.08. The van der Waals surface area contributed by atoms with Crippen LogP contribution in [0.1, 0.15) is 5.56 Å². The Morgan fingerprint density at radius 3 is 2.83 bits per heavy atom. The third kappa shape index (κ3) is 1.74. The van der Waals surface area contributed by atoms with Gasteiger partial charge in [-0.3, -0.25) is 0 Å². The summed E-state index contributed by atoms with van der Waals surface area (Å²) < 4.78 is 18.0. The molecule has 1 aromatic rings. The van der Waals surface area contributed by atoms with Gasteiger partial charge in [-0.15, -0.1) is 0 Å². The number of halogens is 1. The van der Waals surface area contributed by atoms with Crippen molar-refractivity contribution >= 4 is 0 Å². The number of aliphatic hydroxyl groups is 1. The molecule has 3 heteroatoms. The summed E-state index contributed by atoms with van der Waals surface area (Å²) in [6.45, 7) is -0.0721. The molecule has 0 atom stereocenters. The lowest BCUT2D eigenvalue weighted by atomic mass is 10.1. The van der Waals surface area contributed by atoms with Crippen LogP contribution in [0.25, 0.3) is 0 Å². The molecule has 0 fully saturated rings. The van der Waals surface area contributed by atoms with Crippen molar-refractivity contribution in [3.63, 3.8) is 0 Å². The van der Waals surface area contributed by atoms with Gasteiger partial charge in [-0.2, -0.15) is 0 Å². The topological polar surface area (TPSA) is 29.5 Å². The van der Waals surface area contributed by atoms with Crippen LogP contribution in [-0.2, 0) is 6.42 Å². The Morgan fingerprint density at radius 2 is 2.25 bits per heavy atom. The van der Waals surface area contributed by atoms with Gasteiger partial charge in [0.05, 0.1) is 7.11 Å². The van der Waals surface area contributed by atoms with Crippen LogP contribution in [0.3, 0.4) is 0 Å². The molecule has 0 aliphatic carbocycles. The first-order valence-electron chi connectivity index (χ1n) is 3.72. The molecular weight excluding hydrogens is 159 g/mol. The molecule has 1 aromatic carbocycles. The number of aliphatic hydroxyl groups excluding tert-OH is 1. The maximum absolute atomic E-state index is 13.0. The summed E-state index contributed by atoms with van der Waals surface area (Å²) in [5.41, 5.74) is 0.433. The maximum atomic E-state index is 13.0. The lowest BCUT2D eigenvalue weighted by Gasteiger charge is -2.07. The minimum Gasteiger partial charge on any atom is -0.496 e. The van der Waals surface area contributed by atoms with Gasteiger partial charge in [0, 0.05) is 18.6 Å². The van der Waals surface area contributed by atoms with Crippen molar-refractivity contribution in [2.24, 2.45) is 0 Å². The van der Waals surface area contributed by atoms with Gasteiger partial charge in [0.15, 0.2) is 0 Å². The zero-order chi connectivity index (χ0) is 8.97. The van der Waals surface area contributed by atoms with Crippen molar-refractivity contribution < 1.29 is 14.2 Å². The fraction of sp³-hybridized carbons (Fsp3) is 0.333. The first-order chi connectivity index (χ1) is 5.79. The Morgan fingerprint density at radius 1 is 1.50 bits per heavy atom. The summed E-state index contributed by atoms with van der Waals surface area (Å²) in [6.07, 6.45) is 0.288. The van der Waals surface area contributed by atoms with Gasteiger partial charge in [0.25, 0.3) is 0 Å². The minimum atomic E-state index is -0.330. The van der Waals surface area contributed by atoms with E-state index in [2.05, 4.69) is 0 Å². The van der Waals surface area contributed by atoms with Gasteiger partial charge in [0.1, 0.15) is 11.6 Å². The monoisotopic (exact) mass is 170 g/mol. The van der Waals surface area contributed by atoms with Crippen molar-refractivity contribution in [3.8, 4) is 5.75 Å². The summed E-state index contributed by atoms with van der Waals surface area (Å²) in [6, 6.07) is 4.61. The maximum Gasteiger partial charge on any atom is 0.130 e. The van der Waals surface area contributed by atoms with E-state index in [1.54, 1.807) is 12.1 Å². The van der Waals surface area contributed by atoms with Crippen LogP contribution in [-0.4, -0.2) is 18.8 Å². The standard InChI is InChI=1S/C9H11FO2/c1-12-9-4-2-3-8(10)7(9)5-6-11/h2-4,11H,5-6H2,1H3. The van der Waals surface area contributed by atoms with E-state index in [1.807, 2.05) is 0 Å². The number of methoxy groups -OCH3 is 1. The first-order valence-corrected chi connectivity index (χ1v) is 3.72. The first kappa shape index (κ1) is 9.00. The highest BCUT2D eigenvalue weighted by atomic mass is 19.1. The van der Waals surface area contributed by atoms with E-state index < -0.39 is 0 Å². The number of ether oxygens (including phenoxy) is 1. The van der Waals surface area contributed by atoms with Crippen molar-refractivity contribution in [2.45, 2.75) is 6.42 Å². The average molecular weight is 170 g/mol. The molecule has 0 spiro atoms. The number of hydrogen-bond donors (Lipinski definition) is 1. The molecule has 0 heterocycles. The Labute approximate surface area is 70.6 Å². The third-order valence-electron chi connectivity index (χ3n) is 1.66. The molecule has 1 rings (SSSR count). The number of benzene rings is 1. The second-order valence-electron chi connectivity index (χ2n) is 2.39. The van der Waals surface area contributed by atoms with E-state index in [9.17, 15) is 4.39 Å². The molecule has 0 unspecified atom stereocenters.